The third-order valence-corrected chi connectivity index (χ3v) is 21.0. The van der Waals surface area contributed by atoms with E-state index < -0.39 is 0 Å². The largest absolute Gasteiger partial charge is 0.457 e. The molecule has 0 aliphatic carbocycles. The number of ether oxygens (including phenoxy) is 2. The molecule has 3 aliphatic rings. The summed E-state index contributed by atoms with van der Waals surface area (Å²) in [7, 11) is 0. The standard InChI is InChI=1S/C26H40O4S10/c1-3-23(27)29-19(11-33-17-25-35-5-6-36-25)9-31-13-21-15-40-22(16-39-21)14-32-10-20(30-24(28)4-2)12-34-18-26-37-7-8-38-26/h3-4,19-22,25-26H,1-2,5-18H2. The van der Waals surface area contributed by atoms with E-state index >= 15 is 0 Å². The van der Waals surface area contributed by atoms with E-state index in [-0.39, 0.29) is 24.1 Å². The van der Waals surface area contributed by atoms with Gasteiger partial charge in [-0.1, -0.05) is 13.2 Å². The van der Waals surface area contributed by atoms with Crippen molar-refractivity contribution in [1.82, 2.24) is 0 Å². The Hall–Kier alpha value is 1.92. The zero-order valence-electron chi connectivity index (χ0n) is 22.6. The summed E-state index contributed by atoms with van der Waals surface area (Å²) in [6, 6.07) is 0. The van der Waals surface area contributed by atoms with E-state index in [0.29, 0.717) is 19.7 Å². The number of hydrogen-bond donors (Lipinski definition) is 0. The minimum absolute atomic E-state index is 0.0562. The fourth-order valence-electron chi connectivity index (χ4n) is 3.69. The van der Waals surface area contributed by atoms with Crippen LogP contribution in [0.1, 0.15) is 0 Å². The van der Waals surface area contributed by atoms with E-state index in [9.17, 15) is 9.59 Å². The summed E-state index contributed by atoms with van der Waals surface area (Å²) in [6.45, 7) is 7.12. The Labute approximate surface area is 283 Å². The van der Waals surface area contributed by atoms with E-state index in [4.69, 9.17) is 9.47 Å². The number of rotatable bonds is 20. The van der Waals surface area contributed by atoms with Crippen molar-refractivity contribution in [3.63, 3.8) is 0 Å². The first-order valence-corrected chi connectivity index (χ1v) is 24.1. The number of esters is 2. The first-order chi connectivity index (χ1) is 19.6. The molecule has 4 unspecified atom stereocenters. The Bertz CT molecular complexity index is 694. The van der Waals surface area contributed by atoms with Gasteiger partial charge in [-0.15, -0.1) is 47.0 Å². The van der Waals surface area contributed by atoms with Crippen molar-refractivity contribution < 1.29 is 19.1 Å². The molecule has 14 heteroatoms. The van der Waals surface area contributed by atoms with E-state index in [0.717, 1.165) is 57.5 Å². The third kappa shape index (κ3) is 15.8. The van der Waals surface area contributed by atoms with Crippen molar-refractivity contribution in [3.8, 4) is 0 Å². The predicted octanol–water partition coefficient (Wildman–Crippen LogP) is 6.94. The van der Waals surface area contributed by atoms with Gasteiger partial charge in [-0.05, 0) is 0 Å². The predicted molar refractivity (Wildman–Crippen MR) is 199 cm³/mol. The Morgan fingerprint density at radius 1 is 0.625 bits per heavy atom. The minimum atomic E-state index is -0.314. The molecule has 0 radical (unpaired) electrons. The van der Waals surface area contributed by atoms with Gasteiger partial charge in [0.15, 0.2) is 0 Å². The van der Waals surface area contributed by atoms with Gasteiger partial charge in [0.1, 0.15) is 12.2 Å². The summed E-state index contributed by atoms with van der Waals surface area (Å²) in [5.74, 6) is 14.5. The molecule has 3 saturated heterocycles. The van der Waals surface area contributed by atoms with Crippen LogP contribution in [0, 0.1) is 0 Å². The van der Waals surface area contributed by atoms with Gasteiger partial charge in [-0.25, -0.2) is 9.59 Å². The summed E-state index contributed by atoms with van der Waals surface area (Å²) in [4.78, 5) is 23.7. The Morgan fingerprint density at radius 3 is 1.30 bits per heavy atom. The molecule has 0 saturated carbocycles. The molecule has 3 aliphatic heterocycles. The maximum Gasteiger partial charge on any atom is 0.330 e. The van der Waals surface area contributed by atoms with Gasteiger partial charge in [0.2, 0.25) is 0 Å². The average molecular weight is 737 g/mol. The molecule has 0 spiro atoms. The van der Waals surface area contributed by atoms with Gasteiger partial charge in [-0.2, -0.15) is 70.6 Å². The quantitative estimate of drug-likeness (QED) is 0.0958. The van der Waals surface area contributed by atoms with E-state index in [1.54, 1.807) is 0 Å². The van der Waals surface area contributed by atoms with Crippen molar-refractivity contribution in [2.45, 2.75) is 31.9 Å². The van der Waals surface area contributed by atoms with Crippen LogP contribution < -0.4 is 0 Å². The van der Waals surface area contributed by atoms with Gasteiger partial charge in [-0.3, -0.25) is 0 Å². The zero-order valence-corrected chi connectivity index (χ0v) is 30.8. The van der Waals surface area contributed by atoms with Gasteiger partial charge < -0.3 is 9.47 Å². The van der Waals surface area contributed by atoms with Crippen LogP contribution in [0.5, 0.6) is 0 Å². The normalized spacial score (nSPS) is 23.5. The van der Waals surface area contributed by atoms with Crippen LogP contribution in [0.2, 0.25) is 0 Å². The van der Waals surface area contributed by atoms with Crippen LogP contribution >= 0.6 is 118 Å². The molecule has 0 aromatic heterocycles. The van der Waals surface area contributed by atoms with Crippen molar-refractivity contribution in [1.29, 1.82) is 0 Å². The van der Waals surface area contributed by atoms with Crippen molar-refractivity contribution in [2.75, 3.05) is 80.5 Å². The van der Waals surface area contributed by atoms with Crippen molar-refractivity contribution in [2.24, 2.45) is 0 Å². The molecule has 228 valence electrons. The molecule has 0 N–H and O–H groups in total. The second-order valence-corrected chi connectivity index (χ2v) is 21.7. The van der Waals surface area contributed by atoms with Crippen LogP contribution in [0.15, 0.2) is 25.3 Å². The second kappa shape index (κ2) is 22.4. The smallest absolute Gasteiger partial charge is 0.330 e. The van der Waals surface area contributed by atoms with Gasteiger partial charge in [0.05, 0.1) is 9.16 Å². The molecular formula is C26H40O4S10. The third-order valence-electron chi connectivity index (χ3n) is 5.65. The first kappa shape index (κ1) is 36.4. The molecule has 40 heavy (non-hydrogen) atoms. The first-order valence-electron chi connectivity index (χ1n) is 13.2. The van der Waals surface area contributed by atoms with Crippen LogP contribution in [0.4, 0.5) is 0 Å². The summed E-state index contributed by atoms with van der Waals surface area (Å²) in [6.07, 6.45) is 2.44. The topological polar surface area (TPSA) is 52.6 Å². The van der Waals surface area contributed by atoms with Gasteiger partial charge in [0.25, 0.3) is 0 Å². The fourth-order valence-corrected chi connectivity index (χ4v) is 18.8. The minimum Gasteiger partial charge on any atom is -0.457 e. The highest BCUT2D eigenvalue weighted by Gasteiger charge is 2.25. The van der Waals surface area contributed by atoms with E-state index in [1.165, 1.54) is 35.2 Å². The van der Waals surface area contributed by atoms with Crippen LogP contribution in [0.3, 0.4) is 0 Å². The lowest BCUT2D eigenvalue weighted by Gasteiger charge is -2.28. The number of carbonyl (C=O) groups excluding carboxylic acids is 2. The van der Waals surface area contributed by atoms with Crippen LogP contribution in [0.25, 0.3) is 0 Å². The van der Waals surface area contributed by atoms with Crippen LogP contribution in [-0.2, 0) is 19.1 Å². The maximum absolute atomic E-state index is 11.8. The van der Waals surface area contributed by atoms with Gasteiger partial charge in [0, 0.05) is 103 Å². The number of carbonyl (C=O) groups is 2. The zero-order chi connectivity index (χ0) is 28.4. The molecule has 4 nitrogen and oxygen atoms in total. The van der Waals surface area contributed by atoms with E-state index in [2.05, 4.69) is 36.7 Å². The average Bonchev–Trinajstić information content (AvgIpc) is 3.68. The highest BCUT2D eigenvalue weighted by atomic mass is 32.2. The number of hydrogen-bond acceptors (Lipinski definition) is 14. The monoisotopic (exact) mass is 736 g/mol. The molecule has 0 amide bonds. The highest BCUT2D eigenvalue weighted by Crippen LogP contribution is 2.36. The van der Waals surface area contributed by atoms with Crippen molar-refractivity contribution >= 4 is 130 Å². The second-order valence-electron chi connectivity index (χ2n) is 8.93. The SMILES string of the molecule is C=CC(=O)OC(CSCC1CSC(CSCC(CSCC2SCCS2)OC(=O)C=C)CS1)CSCC1SCCS1. The maximum atomic E-state index is 11.8. The summed E-state index contributed by atoms with van der Waals surface area (Å²) in [5, 5.41) is 1.27. The summed E-state index contributed by atoms with van der Waals surface area (Å²) >= 11 is 20.0. The molecule has 0 aromatic rings. The fraction of sp³-hybridized carbons (Fsp3) is 0.769. The Kier molecular flexibility index (Phi) is 20.4. The lowest BCUT2D eigenvalue weighted by molar-refractivity contribution is -0.141. The Balaban J connectivity index is 1.27. The molecule has 3 heterocycles. The Morgan fingerprint density at radius 2 is 0.975 bits per heavy atom. The highest BCUT2D eigenvalue weighted by molar-refractivity contribution is 8.21. The number of thioether (sulfide) groups is 10. The molecule has 4 atom stereocenters. The molecule has 0 aromatic carbocycles. The lowest BCUT2D eigenvalue weighted by atomic mass is 10.4. The van der Waals surface area contributed by atoms with E-state index in [1.807, 2.05) is 94.1 Å². The summed E-state index contributed by atoms with van der Waals surface area (Å²) in [5.41, 5.74) is 0. The van der Waals surface area contributed by atoms with Crippen molar-refractivity contribution in [3.05, 3.63) is 25.3 Å². The van der Waals surface area contributed by atoms with Gasteiger partial charge >= 0.3 is 11.9 Å². The molecule has 3 fully saturated rings. The lowest BCUT2D eigenvalue weighted by Crippen LogP contribution is -2.28. The van der Waals surface area contributed by atoms with Crippen LogP contribution in [-0.4, -0.2) is 124 Å². The molecule has 0 bridgehead atoms. The molecular weight excluding hydrogens is 697 g/mol. The summed E-state index contributed by atoms with van der Waals surface area (Å²) < 4.78 is 12.7. The molecule has 3 rings (SSSR count).